The Hall–Kier alpha value is -3.88. The van der Waals surface area contributed by atoms with Crippen LogP contribution in [0, 0.1) is 0 Å². The third kappa shape index (κ3) is 10.1. The van der Waals surface area contributed by atoms with Crippen LogP contribution in [0.2, 0.25) is 0 Å². The highest BCUT2D eigenvalue weighted by Gasteiger charge is 2.34. The molecule has 208 valence electrons. The average Bonchev–Trinajstić information content (AvgIpc) is 2.93. The van der Waals surface area contributed by atoms with Gasteiger partial charge in [0, 0.05) is 6.54 Å². The maximum Gasteiger partial charge on any atom is 0.444 e. The first kappa shape index (κ1) is 29.7. The molecule has 3 aromatic carbocycles. The van der Waals surface area contributed by atoms with E-state index in [4.69, 9.17) is 9.47 Å². The molecule has 0 saturated heterocycles. The van der Waals surface area contributed by atoms with Crippen molar-refractivity contribution in [3.8, 4) is 0 Å². The van der Waals surface area contributed by atoms with E-state index < -0.39 is 29.9 Å². The zero-order chi connectivity index (χ0) is 28.3. The zero-order valence-corrected chi connectivity index (χ0v) is 23.1. The van der Waals surface area contributed by atoms with E-state index in [1.807, 2.05) is 97.9 Å². The van der Waals surface area contributed by atoms with Crippen molar-refractivity contribution in [2.75, 3.05) is 6.54 Å². The summed E-state index contributed by atoms with van der Waals surface area (Å²) in [5, 5.41) is 13.7. The Kier molecular flexibility index (Phi) is 10.9. The van der Waals surface area contributed by atoms with Crippen LogP contribution in [0.1, 0.15) is 56.8 Å². The van der Waals surface area contributed by atoms with Crippen LogP contribution in [0.3, 0.4) is 0 Å². The second kappa shape index (κ2) is 14.3. The maximum atomic E-state index is 13.4. The smallest absolute Gasteiger partial charge is 0.443 e. The minimum absolute atomic E-state index is 0.0305. The molecule has 1 unspecified atom stereocenters. The summed E-state index contributed by atoms with van der Waals surface area (Å²) in [6, 6.07) is 28.3. The van der Waals surface area contributed by atoms with E-state index in [-0.39, 0.29) is 13.2 Å². The van der Waals surface area contributed by atoms with Crippen molar-refractivity contribution in [3.05, 3.63) is 108 Å². The van der Waals surface area contributed by atoms with Crippen LogP contribution < -0.4 is 5.43 Å². The quantitative estimate of drug-likeness (QED) is 0.309. The number of aliphatic hydroxyl groups is 1. The molecule has 3 rings (SSSR count). The number of hydrogen-bond acceptors (Lipinski definition) is 6. The fourth-order valence-electron chi connectivity index (χ4n) is 3.96. The summed E-state index contributed by atoms with van der Waals surface area (Å²) in [6.45, 7) is 7.22. The topological polar surface area (TPSA) is 91.3 Å². The van der Waals surface area contributed by atoms with Crippen LogP contribution in [0.5, 0.6) is 0 Å². The molecule has 0 heterocycles. The number of carbonyl (C=O) groups is 2. The van der Waals surface area contributed by atoms with Gasteiger partial charge in [-0.2, -0.15) is 5.01 Å². The standard InChI is InChI=1S/C31H39N3O5/c1-24(27-18-12-7-13-19-27)33(22-28(35)21-20-25-14-8-5-9-15-25)34(30(37)39-31(2,3)4)32-29(36)38-23-26-16-10-6-11-17-26/h5-19,24,28,35H,20-23H2,1-4H3,(H,32,36)/t24?,28-/m0/s1. The molecular formula is C31H39N3O5. The predicted molar refractivity (Wildman–Crippen MR) is 150 cm³/mol. The van der Waals surface area contributed by atoms with E-state index in [0.717, 1.165) is 21.8 Å². The number of aliphatic hydroxyl groups excluding tert-OH is 1. The van der Waals surface area contributed by atoms with E-state index in [2.05, 4.69) is 5.43 Å². The lowest BCUT2D eigenvalue weighted by molar-refractivity contribution is -0.110. The zero-order valence-electron chi connectivity index (χ0n) is 23.1. The molecule has 0 aliphatic heterocycles. The fraction of sp³-hybridized carbons (Fsp3) is 0.355. The summed E-state index contributed by atoms with van der Waals surface area (Å²) in [7, 11) is 0. The van der Waals surface area contributed by atoms with E-state index in [9.17, 15) is 14.7 Å². The van der Waals surface area contributed by atoms with E-state index in [1.54, 1.807) is 25.8 Å². The van der Waals surface area contributed by atoms with Gasteiger partial charge in [-0.3, -0.25) is 0 Å². The molecule has 0 spiro atoms. The van der Waals surface area contributed by atoms with Gasteiger partial charge in [0.05, 0.1) is 12.1 Å². The Morgan fingerprint density at radius 3 is 1.97 bits per heavy atom. The minimum Gasteiger partial charge on any atom is -0.443 e. The average molecular weight is 534 g/mol. The molecule has 0 aliphatic rings. The Bertz CT molecular complexity index is 1150. The molecule has 3 aromatic rings. The highest BCUT2D eigenvalue weighted by molar-refractivity contribution is 5.73. The lowest BCUT2D eigenvalue weighted by Gasteiger charge is -2.39. The number of benzene rings is 3. The number of nitrogens with zero attached hydrogens (tertiary/aromatic N) is 2. The second-order valence-corrected chi connectivity index (χ2v) is 10.4. The molecule has 0 aromatic heterocycles. The molecule has 0 saturated carbocycles. The number of ether oxygens (including phenoxy) is 2. The van der Waals surface area contributed by atoms with Gasteiger partial charge in [0.25, 0.3) is 0 Å². The van der Waals surface area contributed by atoms with E-state index in [0.29, 0.717) is 12.8 Å². The van der Waals surface area contributed by atoms with Crippen molar-refractivity contribution in [3.63, 3.8) is 0 Å². The summed E-state index contributed by atoms with van der Waals surface area (Å²) in [5.41, 5.74) is 4.53. The number of nitrogens with one attached hydrogen (secondary N) is 1. The van der Waals surface area contributed by atoms with Gasteiger partial charge in [0.15, 0.2) is 0 Å². The van der Waals surface area contributed by atoms with Crippen molar-refractivity contribution < 1.29 is 24.2 Å². The molecule has 0 radical (unpaired) electrons. The van der Waals surface area contributed by atoms with E-state index in [1.165, 1.54) is 0 Å². The first-order chi connectivity index (χ1) is 18.6. The summed E-state index contributed by atoms with van der Waals surface area (Å²) >= 11 is 0. The summed E-state index contributed by atoms with van der Waals surface area (Å²) in [5.74, 6) is 0. The molecule has 8 nitrogen and oxygen atoms in total. The number of carbonyl (C=O) groups excluding carboxylic acids is 2. The van der Waals surface area contributed by atoms with Gasteiger partial charge in [-0.05, 0) is 57.2 Å². The maximum absolute atomic E-state index is 13.4. The molecule has 0 bridgehead atoms. The van der Waals surface area contributed by atoms with Crippen molar-refractivity contribution in [1.29, 1.82) is 0 Å². The van der Waals surface area contributed by atoms with Crippen molar-refractivity contribution in [2.45, 2.75) is 64.9 Å². The van der Waals surface area contributed by atoms with Crippen molar-refractivity contribution >= 4 is 12.2 Å². The Morgan fingerprint density at radius 2 is 1.41 bits per heavy atom. The van der Waals surface area contributed by atoms with Gasteiger partial charge in [0.2, 0.25) is 0 Å². The third-order valence-corrected chi connectivity index (χ3v) is 5.97. The number of rotatable bonds is 10. The molecule has 2 atom stereocenters. The molecule has 2 amide bonds. The summed E-state index contributed by atoms with van der Waals surface area (Å²) < 4.78 is 11.0. The van der Waals surface area contributed by atoms with Crippen LogP contribution in [0.15, 0.2) is 91.0 Å². The van der Waals surface area contributed by atoms with Gasteiger partial charge in [-0.1, -0.05) is 91.0 Å². The van der Waals surface area contributed by atoms with Gasteiger partial charge in [-0.15, -0.1) is 5.12 Å². The van der Waals surface area contributed by atoms with Crippen LogP contribution in [-0.4, -0.2) is 45.7 Å². The lowest BCUT2D eigenvalue weighted by Crippen LogP contribution is -2.59. The molecule has 39 heavy (non-hydrogen) atoms. The number of hydrogen-bond donors (Lipinski definition) is 2. The number of hydrazine groups is 2. The second-order valence-electron chi connectivity index (χ2n) is 10.4. The van der Waals surface area contributed by atoms with Crippen LogP contribution >= 0.6 is 0 Å². The summed E-state index contributed by atoms with van der Waals surface area (Å²) in [4.78, 5) is 26.3. The SMILES string of the molecule is CC(c1ccccc1)N(C[C@@H](O)CCc1ccccc1)N(NC(=O)OCc1ccccc1)C(=O)OC(C)(C)C. The van der Waals surface area contributed by atoms with E-state index >= 15 is 0 Å². The Morgan fingerprint density at radius 1 is 0.872 bits per heavy atom. The normalized spacial score (nSPS) is 12.9. The molecule has 0 fully saturated rings. The fourth-order valence-corrected chi connectivity index (χ4v) is 3.96. The first-order valence-corrected chi connectivity index (χ1v) is 13.2. The van der Waals surface area contributed by atoms with Crippen LogP contribution in [0.4, 0.5) is 9.59 Å². The lowest BCUT2D eigenvalue weighted by atomic mass is 10.1. The highest BCUT2D eigenvalue weighted by Crippen LogP contribution is 2.24. The first-order valence-electron chi connectivity index (χ1n) is 13.2. The van der Waals surface area contributed by atoms with Gasteiger partial charge in [-0.25, -0.2) is 15.0 Å². The van der Waals surface area contributed by atoms with Crippen LogP contribution in [-0.2, 0) is 22.5 Å². The number of aryl methyl sites for hydroxylation is 1. The van der Waals surface area contributed by atoms with Gasteiger partial charge >= 0.3 is 12.2 Å². The third-order valence-electron chi connectivity index (χ3n) is 5.97. The highest BCUT2D eigenvalue weighted by atomic mass is 16.6. The van der Waals surface area contributed by atoms with Gasteiger partial charge in [0.1, 0.15) is 12.2 Å². The Balaban J connectivity index is 1.83. The molecule has 0 aliphatic carbocycles. The largest absolute Gasteiger partial charge is 0.444 e. The molecule has 2 N–H and O–H groups in total. The van der Waals surface area contributed by atoms with Crippen molar-refractivity contribution in [2.24, 2.45) is 0 Å². The molecule has 8 heteroatoms. The van der Waals surface area contributed by atoms with Gasteiger partial charge < -0.3 is 14.6 Å². The predicted octanol–water partition coefficient (Wildman–Crippen LogP) is 6.04. The summed E-state index contributed by atoms with van der Waals surface area (Å²) in [6.07, 6.45) is -1.30. The van der Waals surface area contributed by atoms with Crippen LogP contribution in [0.25, 0.3) is 0 Å². The number of amides is 2. The monoisotopic (exact) mass is 533 g/mol. The van der Waals surface area contributed by atoms with Crippen molar-refractivity contribution in [1.82, 2.24) is 15.6 Å². The minimum atomic E-state index is -0.825. The molecular weight excluding hydrogens is 494 g/mol. The Labute approximate surface area is 231 Å².